The van der Waals surface area contributed by atoms with Gasteiger partial charge in [-0.1, -0.05) is 5.16 Å². The minimum Gasteiger partial charge on any atom is -0.411 e. The van der Waals surface area contributed by atoms with Gasteiger partial charge in [0, 0.05) is 19.6 Å². The molecule has 14 heteroatoms. The van der Waals surface area contributed by atoms with Gasteiger partial charge in [-0.2, -0.15) is 13.5 Å². The highest BCUT2D eigenvalue weighted by Gasteiger charge is 2.49. The topological polar surface area (TPSA) is 170 Å². The van der Waals surface area contributed by atoms with E-state index in [1.807, 2.05) is 0 Å². The molecule has 3 rings (SSSR count). The summed E-state index contributed by atoms with van der Waals surface area (Å²) in [6, 6.07) is -2.28. The molecule has 3 amide bonds. The van der Waals surface area contributed by atoms with Gasteiger partial charge in [0.2, 0.25) is 0 Å². The number of carbonyl (C=O) groups excluding carboxylic acids is 2. The quantitative estimate of drug-likeness (QED) is 0.236. The first-order chi connectivity index (χ1) is 11.8. The number of nitrogens with one attached hydrogen (secondary N) is 2. The molecule has 13 nitrogen and oxygen atoms in total. The van der Waals surface area contributed by atoms with Gasteiger partial charge in [-0.25, -0.2) is 10.3 Å². The lowest BCUT2D eigenvalue weighted by Crippen LogP contribution is -2.50. The van der Waals surface area contributed by atoms with Crippen molar-refractivity contribution in [3.05, 3.63) is 0 Å². The van der Waals surface area contributed by atoms with Crippen LogP contribution in [0.4, 0.5) is 4.79 Å². The minimum absolute atomic E-state index is 0.0841. The van der Waals surface area contributed by atoms with E-state index < -0.39 is 40.5 Å². The SMILES string of the molecule is O=C(NOC1CNC/C1=N\O)C1CCC2CN1C(=O)N2OS(=O)(=O)O. The Morgan fingerprint density at radius 2 is 2.16 bits per heavy atom. The second kappa shape index (κ2) is 6.72. The molecular formula is C11H17N5O8S. The molecule has 0 aliphatic carbocycles. The number of urea groups is 1. The zero-order valence-electron chi connectivity index (χ0n) is 12.9. The fourth-order valence-electron chi connectivity index (χ4n) is 3.07. The average molecular weight is 379 g/mol. The van der Waals surface area contributed by atoms with Crippen LogP contribution < -0.4 is 10.8 Å². The number of hydrogen-bond donors (Lipinski definition) is 4. The predicted molar refractivity (Wildman–Crippen MR) is 78.5 cm³/mol. The minimum atomic E-state index is -4.84. The first-order valence-electron chi connectivity index (χ1n) is 7.44. The van der Waals surface area contributed by atoms with Gasteiger partial charge < -0.3 is 15.4 Å². The number of carbonyl (C=O) groups is 2. The lowest BCUT2D eigenvalue weighted by Gasteiger charge is -2.29. The molecule has 3 fully saturated rings. The zero-order chi connectivity index (χ0) is 18.2. The van der Waals surface area contributed by atoms with Crippen LogP contribution in [0.15, 0.2) is 5.16 Å². The van der Waals surface area contributed by atoms with Crippen LogP contribution in [0.25, 0.3) is 0 Å². The molecule has 4 N–H and O–H groups in total. The van der Waals surface area contributed by atoms with Crippen LogP contribution in [0.2, 0.25) is 0 Å². The van der Waals surface area contributed by atoms with Crippen LogP contribution in [-0.2, 0) is 24.3 Å². The van der Waals surface area contributed by atoms with Crippen LogP contribution in [0.5, 0.6) is 0 Å². The van der Waals surface area contributed by atoms with Gasteiger partial charge in [-0.3, -0.25) is 14.2 Å². The molecule has 3 aliphatic heterocycles. The normalized spacial score (nSPS) is 31.0. The summed E-state index contributed by atoms with van der Waals surface area (Å²) >= 11 is 0. The van der Waals surface area contributed by atoms with Crippen molar-refractivity contribution in [2.75, 3.05) is 19.6 Å². The summed E-state index contributed by atoms with van der Waals surface area (Å²) in [5, 5.41) is 15.3. The lowest BCUT2D eigenvalue weighted by molar-refractivity contribution is -0.140. The third-order valence-electron chi connectivity index (χ3n) is 4.24. The molecule has 0 radical (unpaired) electrons. The van der Waals surface area contributed by atoms with E-state index in [0.29, 0.717) is 30.3 Å². The van der Waals surface area contributed by atoms with E-state index in [1.54, 1.807) is 0 Å². The van der Waals surface area contributed by atoms with E-state index in [2.05, 4.69) is 20.2 Å². The highest BCUT2D eigenvalue weighted by Crippen LogP contribution is 2.30. The van der Waals surface area contributed by atoms with Crippen molar-refractivity contribution in [1.29, 1.82) is 0 Å². The van der Waals surface area contributed by atoms with E-state index >= 15 is 0 Å². The van der Waals surface area contributed by atoms with E-state index in [-0.39, 0.29) is 13.0 Å². The summed E-state index contributed by atoms with van der Waals surface area (Å²) in [5.41, 5.74) is 2.56. The molecule has 3 aliphatic rings. The van der Waals surface area contributed by atoms with Crippen molar-refractivity contribution >= 4 is 28.0 Å². The van der Waals surface area contributed by atoms with Crippen LogP contribution in [0, 0.1) is 0 Å². The van der Waals surface area contributed by atoms with Crippen molar-refractivity contribution in [3.63, 3.8) is 0 Å². The standard InChI is InChI=1S/C11H17N5O8S/c17-10(14-23-9-4-12-3-7(9)13-19)8-2-1-6-5-15(8)11(18)16(6)24-25(20,21)22/h6,8-9,12,19H,1-5H2,(H,14,17)(H,20,21,22)/b13-7+. The first-order valence-corrected chi connectivity index (χ1v) is 8.80. The maximum Gasteiger partial charge on any atom is 0.418 e. The Labute approximate surface area is 142 Å². The van der Waals surface area contributed by atoms with Crippen molar-refractivity contribution in [2.24, 2.45) is 5.16 Å². The van der Waals surface area contributed by atoms with Crippen molar-refractivity contribution < 1.29 is 36.9 Å². The lowest BCUT2D eigenvalue weighted by atomic mass is 10.0. The van der Waals surface area contributed by atoms with E-state index in [9.17, 15) is 18.0 Å². The molecular weight excluding hydrogens is 362 g/mol. The number of rotatable bonds is 5. The molecule has 2 bridgehead atoms. The summed E-state index contributed by atoms with van der Waals surface area (Å²) in [4.78, 5) is 30.8. The highest BCUT2D eigenvalue weighted by molar-refractivity contribution is 7.80. The molecule has 25 heavy (non-hydrogen) atoms. The molecule has 0 aromatic carbocycles. The van der Waals surface area contributed by atoms with E-state index in [1.165, 1.54) is 0 Å². The monoisotopic (exact) mass is 379 g/mol. The van der Waals surface area contributed by atoms with Crippen molar-refractivity contribution in [3.8, 4) is 0 Å². The summed E-state index contributed by atoms with van der Waals surface area (Å²) in [6.45, 7) is 0.764. The molecule has 0 spiro atoms. The third-order valence-corrected chi connectivity index (χ3v) is 4.59. The zero-order valence-corrected chi connectivity index (χ0v) is 13.7. The highest BCUT2D eigenvalue weighted by atomic mass is 32.3. The Bertz CT molecular complexity index is 697. The molecule has 3 atom stereocenters. The van der Waals surface area contributed by atoms with Gasteiger partial charge in [0.1, 0.15) is 17.9 Å². The van der Waals surface area contributed by atoms with Crippen molar-refractivity contribution in [1.82, 2.24) is 20.8 Å². The summed E-state index contributed by atoms with van der Waals surface area (Å²) in [5.74, 6) is -0.593. The fourth-order valence-corrected chi connectivity index (χ4v) is 3.46. The molecule has 0 saturated carbocycles. The van der Waals surface area contributed by atoms with Gasteiger partial charge in [-0.05, 0) is 12.8 Å². The Balaban J connectivity index is 1.60. The number of nitrogens with zero attached hydrogens (tertiary/aromatic N) is 3. The van der Waals surface area contributed by atoms with E-state index in [0.717, 1.165) is 4.90 Å². The number of piperidine rings is 1. The van der Waals surface area contributed by atoms with Gasteiger partial charge in [0.25, 0.3) is 5.91 Å². The molecule has 140 valence electrons. The maximum absolute atomic E-state index is 12.3. The van der Waals surface area contributed by atoms with Crippen molar-refractivity contribution in [2.45, 2.75) is 31.0 Å². The third kappa shape index (κ3) is 3.67. The van der Waals surface area contributed by atoms with Gasteiger partial charge in [-0.15, -0.1) is 4.28 Å². The number of oxime groups is 1. The number of fused-ring (bicyclic) bond motifs is 2. The Morgan fingerprint density at radius 3 is 2.84 bits per heavy atom. The summed E-state index contributed by atoms with van der Waals surface area (Å²) < 4.78 is 34.7. The second-order valence-corrected chi connectivity index (χ2v) is 6.81. The number of amides is 3. The molecule has 0 aromatic rings. The largest absolute Gasteiger partial charge is 0.418 e. The molecule has 3 heterocycles. The molecule has 3 unspecified atom stereocenters. The average Bonchev–Trinajstić information content (AvgIpc) is 3.10. The Hall–Kier alpha value is -2.00. The smallest absolute Gasteiger partial charge is 0.411 e. The summed E-state index contributed by atoms with van der Waals surface area (Å²) in [6.07, 6.45) is -0.0516. The van der Waals surface area contributed by atoms with Crippen LogP contribution in [-0.4, -0.2) is 83.6 Å². The predicted octanol–water partition coefficient (Wildman–Crippen LogP) is -2.16. The first kappa shape index (κ1) is 17.8. The second-order valence-electron chi connectivity index (χ2n) is 5.81. The molecule has 0 aromatic heterocycles. The van der Waals surface area contributed by atoms with Crippen LogP contribution in [0.1, 0.15) is 12.8 Å². The van der Waals surface area contributed by atoms with Crippen LogP contribution >= 0.6 is 0 Å². The number of hydrogen-bond acceptors (Lipinski definition) is 9. The van der Waals surface area contributed by atoms with E-state index in [4.69, 9.17) is 14.6 Å². The Morgan fingerprint density at radius 1 is 1.40 bits per heavy atom. The maximum atomic E-state index is 12.3. The number of hydroxylamine groups is 3. The fraction of sp³-hybridized carbons (Fsp3) is 0.727. The van der Waals surface area contributed by atoms with Gasteiger partial charge >= 0.3 is 16.4 Å². The van der Waals surface area contributed by atoms with Gasteiger partial charge in [0.15, 0.2) is 0 Å². The van der Waals surface area contributed by atoms with Crippen LogP contribution in [0.3, 0.4) is 0 Å². The molecule has 3 saturated heterocycles. The summed E-state index contributed by atoms with van der Waals surface area (Å²) in [7, 11) is -4.84. The van der Waals surface area contributed by atoms with Gasteiger partial charge in [0.05, 0.1) is 6.04 Å². The Kier molecular flexibility index (Phi) is 4.79.